The quantitative estimate of drug-likeness (QED) is 0.799. The molecule has 106 valence electrons. The maximum atomic E-state index is 13.0. The molecule has 20 heavy (non-hydrogen) atoms. The molecule has 0 saturated carbocycles. The van der Waals surface area contributed by atoms with Crippen LogP contribution in [-0.4, -0.2) is 7.05 Å². The van der Waals surface area contributed by atoms with E-state index in [1.165, 1.54) is 18.2 Å². The zero-order chi connectivity index (χ0) is 14.7. The lowest BCUT2D eigenvalue weighted by atomic mass is 10.1. The third-order valence-corrected chi connectivity index (χ3v) is 3.77. The SMILES string of the molecule is CNC(C)c1cc(Br)ccc1Oc1ccc(F)cc1Cl. The van der Waals surface area contributed by atoms with E-state index in [-0.39, 0.29) is 16.9 Å². The van der Waals surface area contributed by atoms with Gasteiger partial charge < -0.3 is 10.1 Å². The predicted octanol–water partition coefficient (Wildman–Crippen LogP) is 5.31. The van der Waals surface area contributed by atoms with Crippen LogP contribution in [0.3, 0.4) is 0 Å². The highest BCUT2D eigenvalue weighted by atomic mass is 79.9. The first-order chi connectivity index (χ1) is 9.51. The summed E-state index contributed by atoms with van der Waals surface area (Å²) in [4.78, 5) is 0. The van der Waals surface area contributed by atoms with Gasteiger partial charge >= 0.3 is 0 Å². The number of ether oxygens (including phenoxy) is 1. The van der Waals surface area contributed by atoms with Gasteiger partial charge in [0, 0.05) is 16.1 Å². The van der Waals surface area contributed by atoms with E-state index in [0.717, 1.165) is 10.0 Å². The summed E-state index contributed by atoms with van der Waals surface area (Å²) >= 11 is 9.43. The highest BCUT2D eigenvalue weighted by Gasteiger charge is 2.13. The van der Waals surface area contributed by atoms with Crippen LogP contribution in [0.25, 0.3) is 0 Å². The molecule has 2 nitrogen and oxygen atoms in total. The van der Waals surface area contributed by atoms with Crippen LogP contribution < -0.4 is 10.1 Å². The molecule has 0 heterocycles. The molecule has 0 amide bonds. The second kappa shape index (κ2) is 6.57. The Hall–Kier alpha value is -1.10. The third kappa shape index (κ3) is 3.51. The van der Waals surface area contributed by atoms with Crippen LogP contribution in [0.15, 0.2) is 40.9 Å². The molecular formula is C15H14BrClFNO. The molecule has 0 bridgehead atoms. The van der Waals surface area contributed by atoms with Crippen LogP contribution >= 0.6 is 27.5 Å². The maximum Gasteiger partial charge on any atom is 0.146 e. The molecule has 0 saturated heterocycles. The number of hydrogen-bond acceptors (Lipinski definition) is 2. The Labute approximate surface area is 131 Å². The molecular weight excluding hydrogens is 345 g/mol. The molecule has 0 fully saturated rings. The maximum absolute atomic E-state index is 13.0. The van der Waals surface area contributed by atoms with Crippen LogP contribution in [0.4, 0.5) is 4.39 Å². The van der Waals surface area contributed by atoms with Crippen LogP contribution in [-0.2, 0) is 0 Å². The Bertz CT molecular complexity index is 621. The number of hydrogen-bond donors (Lipinski definition) is 1. The van der Waals surface area contributed by atoms with E-state index in [1.807, 2.05) is 32.2 Å². The highest BCUT2D eigenvalue weighted by Crippen LogP contribution is 2.35. The fourth-order valence-corrected chi connectivity index (χ4v) is 2.37. The Morgan fingerprint density at radius 3 is 2.55 bits per heavy atom. The van der Waals surface area contributed by atoms with Crippen LogP contribution in [0, 0.1) is 5.82 Å². The summed E-state index contributed by atoms with van der Waals surface area (Å²) in [5.74, 6) is 0.727. The summed E-state index contributed by atoms with van der Waals surface area (Å²) < 4.78 is 19.8. The molecule has 0 aliphatic rings. The second-order valence-corrected chi connectivity index (χ2v) is 5.69. The first-order valence-electron chi connectivity index (χ1n) is 6.11. The molecule has 0 spiro atoms. The second-order valence-electron chi connectivity index (χ2n) is 4.37. The molecule has 1 atom stereocenters. The molecule has 1 unspecified atom stereocenters. The first-order valence-corrected chi connectivity index (χ1v) is 7.28. The van der Waals surface area contributed by atoms with Crippen molar-refractivity contribution in [3.05, 3.63) is 57.3 Å². The topological polar surface area (TPSA) is 21.3 Å². The average molecular weight is 359 g/mol. The van der Waals surface area contributed by atoms with Gasteiger partial charge in [-0.3, -0.25) is 0 Å². The van der Waals surface area contributed by atoms with Crippen LogP contribution in [0.5, 0.6) is 11.5 Å². The van der Waals surface area contributed by atoms with Gasteiger partial charge in [0.1, 0.15) is 17.3 Å². The molecule has 0 radical (unpaired) electrons. The van der Waals surface area contributed by atoms with Gasteiger partial charge in [-0.25, -0.2) is 4.39 Å². The molecule has 0 aliphatic carbocycles. The van der Waals surface area contributed by atoms with Gasteiger partial charge in [0.2, 0.25) is 0 Å². The van der Waals surface area contributed by atoms with E-state index in [4.69, 9.17) is 16.3 Å². The Balaban J connectivity index is 2.37. The van der Waals surface area contributed by atoms with Crippen molar-refractivity contribution in [2.24, 2.45) is 0 Å². The lowest BCUT2D eigenvalue weighted by Crippen LogP contribution is -2.13. The van der Waals surface area contributed by atoms with Crippen molar-refractivity contribution in [3.63, 3.8) is 0 Å². The van der Waals surface area contributed by atoms with Crippen molar-refractivity contribution in [1.82, 2.24) is 5.32 Å². The summed E-state index contributed by atoms with van der Waals surface area (Å²) in [6, 6.07) is 9.91. The van der Waals surface area contributed by atoms with Crippen molar-refractivity contribution in [2.75, 3.05) is 7.05 Å². The largest absolute Gasteiger partial charge is 0.455 e. The summed E-state index contributed by atoms with van der Waals surface area (Å²) in [7, 11) is 1.88. The van der Waals surface area contributed by atoms with E-state index in [2.05, 4.69) is 21.2 Å². The van der Waals surface area contributed by atoms with Crippen molar-refractivity contribution >= 4 is 27.5 Å². The van der Waals surface area contributed by atoms with Crippen LogP contribution in [0.1, 0.15) is 18.5 Å². The molecule has 2 aromatic rings. The van der Waals surface area contributed by atoms with E-state index in [9.17, 15) is 4.39 Å². The fourth-order valence-electron chi connectivity index (χ4n) is 1.78. The van der Waals surface area contributed by atoms with Gasteiger partial charge in [-0.05, 0) is 50.4 Å². The highest BCUT2D eigenvalue weighted by molar-refractivity contribution is 9.10. The van der Waals surface area contributed by atoms with E-state index in [0.29, 0.717) is 11.5 Å². The number of nitrogens with one attached hydrogen (secondary N) is 1. The zero-order valence-corrected chi connectivity index (χ0v) is 13.4. The average Bonchev–Trinajstić information content (AvgIpc) is 2.42. The van der Waals surface area contributed by atoms with Gasteiger partial charge in [0.25, 0.3) is 0 Å². The molecule has 2 aromatic carbocycles. The molecule has 1 N–H and O–H groups in total. The minimum atomic E-state index is -0.387. The smallest absolute Gasteiger partial charge is 0.146 e. The molecule has 5 heteroatoms. The van der Waals surface area contributed by atoms with Gasteiger partial charge in [0.05, 0.1) is 5.02 Å². The fraction of sp³-hybridized carbons (Fsp3) is 0.200. The minimum Gasteiger partial charge on any atom is -0.455 e. The summed E-state index contributed by atoms with van der Waals surface area (Å²) in [6.07, 6.45) is 0. The third-order valence-electron chi connectivity index (χ3n) is 2.99. The van der Waals surface area contributed by atoms with Crippen molar-refractivity contribution in [2.45, 2.75) is 13.0 Å². The summed E-state index contributed by atoms with van der Waals surface area (Å²) in [5, 5.41) is 3.41. The normalized spacial score (nSPS) is 12.2. The Morgan fingerprint density at radius 2 is 1.90 bits per heavy atom. The Kier molecular flexibility index (Phi) is 5.02. The minimum absolute atomic E-state index is 0.113. The predicted molar refractivity (Wildman–Crippen MR) is 83.1 cm³/mol. The Morgan fingerprint density at radius 1 is 1.20 bits per heavy atom. The summed E-state index contributed by atoms with van der Waals surface area (Å²) in [6.45, 7) is 2.03. The zero-order valence-electron chi connectivity index (χ0n) is 11.1. The van der Waals surface area contributed by atoms with Gasteiger partial charge in [-0.2, -0.15) is 0 Å². The molecule has 2 rings (SSSR count). The number of halogens is 3. The van der Waals surface area contributed by atoms with Crippen molar-refractivity contribution < 1.29 is 9.13 Å². The molecule has 0 aliphatic heterocycles. The number of benzene rings is 2. The monoisotopic (exact) mass is 357 g/mol. The lowest BCUT2D eigenvalue weighted by Gasteiger charge is -2.17. The summed E-state index contributed by atoms with van der Waals surface area (Å²) in [5.41, 5.74) is 0.988. The first kappa shape index (κ1) is 15.3. The lowest BCUT2D eigenvalue weighted by molar-refractivity contribution is 0.465. The van der Waals surface area contributed by atoms with Crippen molar-refractivity contribution in [3.8, 4) is 11.5 Å². The van der Waals surface area contributed by atoms with E-state index >= 15 is 0 Å². The van der Waals surface area contributed by atoms with Crippen molar-refractivity contribution in [1.29, 1.82) is 0 Å². The standard InChI is InChI=1S/C15H14BrClFNO/c1-9(19-2)12-7-10(16)3-5-14(12)20-15-6-4-11(18)8-13(15)17/h3-9,19H,1-2H3. The van der Waals surface area contributed by atoms with Gasteiger partial charge in [-0.1, -0.05) is 27.5 Å². The van der Waals surface area contributed by atoms with E-state index < -0.39 is 0 Å². The van der Waals surface area contributed by atoms with Gasteiger partial charge in [0.15, 0.2) is 0 Å². The van der Waals surface area contributed by atoms with Gasteiger partial charge in [-0.15, -0.1) is 0 Å². The number of rotatable bonds is 4. The van der Waals surface area contributed by atoms with E-state index in [1.54, 1.807) is 0 Å². The van der Waals surface area contributed by atoms with Crippen LogP contribution in [0.2, 0.25) is 5.02 Å². The molecule has 0 aromatic heterocycles.